The van der Waals surface area contributed by atoms with Crippen LogP contribution in [-0.4, -0.2) is 9.96 Å². The number of rotatable bonds is 0. The monoisotopic (exact) mass is 97.0 g/mol. The van der Waals surface area contributed by atoms with Crippen molar-refractivity contribution in [2.45, 2.75) is 0 Å². The topological polar surface area (TPSA) is 45.8 Å². The summed E-state index contributed by atoms with van der Waals surface area (Å²) < 4.78 is 6.76. The van der Waals surface area contributed by atoms with Crippen LogP contribution in [0.4, 0.5) is 0 Å². The maximum atomic E-state index is 10.3. The summed E-state index contributed by atoms with van der Waals surface area (Å²) in [6, 6.07) is 1.52. The van der Waals surface area contributed by atoms with E-state index in [0.717, 1.165) is 0 Å². The van der Waals surface area contributed by atoms with Gasteiger partial charge in [0.25, 0.3) is 0 Å². The molecule has 1 heterocycles. The number of nitrogens with zero attached hydrogens (tertiary/aromatic N) is 1. The van der Waals surface area contributed by atoms with Crippen molar-refractivity contribution in [1.29, 1.82) is 0 Å². The first-order chi connectivity index (χ1) is 3.80. The molecule has 0 fully saturated rings. The molecule has 0 saturated carbocycles. The van der Waals surface area contributed by atoms with Crippen LogP contribution in [0.25, 0.3) is 0 Å². The molecule has 0 amide bonds. The molecule has 0 spiro atoms. The molecule has 0 aliphatic heterocycles. The Hall–Kier alpha value is -1.12. The van der Waals surface area contributed by atoms with Gasteiger partial charge in [-0.25, -0.2) is 9.78 Å². The summed E-state index contributed by atoms with van der Waals surface area (Å²) in [6.07, 6.45) is 2.68. The molecule has 0 radical (unpaired) electrons. The predicted octanol–water partition coefficient (Wildman–Crippen LogP) is -0.230. The Balaban J connectivity index is 3.35. The van der Waals surface area contributed by atoms with E-state index in [2.05, 4.69) is 4.98 Å². The van der Waals surface area contributed by atoms with Gasteiger partial charge in [-0.1, -0.05) is 0 Å². The maximum absolute atomic E-state index is 10.3. The van der Waals surface area contributed by atoms with Gasteiger partial charge in [0.05, 0.1) is 0 Å². The largest absolute Gasteiger partial charge is 0.344 e. The third-order valence-corrected chi connectivity index (χ3v) is 0.542. The Morgan fingerprint density at radius 2 is 2.86 bits per heavy atom. The second kappa shape index (κ2) is 1.55. The van der Waals surface area contributed by atoms with Gasteiger partial charge >= 0.3 is 5.69 Å². The molecule has 0 saturated heterocycles. The highest BCUT2D eigenvalue weighted by atomic mass is 16.1. The highest BCUT2D eigenvalue weighted by Gasteiger charge is 1.70. The van der Waals surface area contributed by atoms with Crippen LogP contribution in [0.2, 0.25) is 1.41 Å². The van der Waals surface area contributed by atoms with Gasteiger partial charge in [-0.15, -0.1) is 0 Å². The quantitative estimate of drug-likeness (QED) is 0.486. The normalized spacial score (nSPS) is 10.6. The van der Waals surface area contributed by atoms with Gasteiger partial charge in [0.15, 0.2) is 1.41 Å². The smallest absolute Gasteiger partial charge is 0.313 e. The molecule has 3 nitrogen and oxygen atoms in total. The first-order valence-corrected chi connectivity index (χ1v) is 1.83. The lowest BCUT2D eigenvalue weighted by Crippen LogP contribution is -2.05. The highest BCUT2D eigenvalue weighted by molar-refractivity contribution is 4.75. The van der Waals surface area contributed by atoms with Crippen LogP contribution < -0.4 is 5.69 Å². The number of hydrogen-bond donors (Lipinski definition) is 1. The van der Waals surface area contributed by atoms with Crippen molar-refractivity contribution >= 4 is 0 Å². The van der Waals surface area contributed by atoms with E-state index in [9.17, 15) is 4.79 Å². The molecule has 1 aromatic heterocycles. The molecule has 0 aromatic carbocycles. The Labute approximate surface area is 41.5 Å². The fraction of sp³-hybridized carbons (Fsp3) is 0. The summed E-state index contributed by atoms with van der Waals surface area (Å²) in [6.45, 7) is 0. The van der Waals surface area contributed by atoms with Crippen molar-refractivity contribution in [2.24, 2.45) is 0 Å². The molecule has 36 valence electrons. The molecular formula is C4H4N2O. The lowest BCUT2D eigenvalue weighted by molar-refractivity contribution is 1.08. The van der Waals surface area contributed by atoms with Crippen LogP contribution in [0.1, 0.15) is 0 Å². The summed E-state index contributed by atoms with van der Waals surface area (Å²) in [5.41, 5.74) is -0.549. The second-order valence-electron chi connectivity index (χ2n) is 1.03. The maximum Gasteiger partial charge on any atom is 0.344 e. The molecule has 3 heteroatoms. The van der Waals surface area contributed by atoms with Gasteiger partial charge in [-0.3, -0.25) is 0 Å². The van der Waals surface area contributed by atoms with E-state index in [-0.39, 0.29) is 0 Å². The fourth-order valence-electron chi connectivity index (χ4n) is 0.285. The van der Waals surface area contributed by atoms with Crippen LogP contribution in [0, 0.1) is 0 Å². The van der Waals surface area contributed by atoms with E-state index in [1.54, 1.807) is 0 Å². The molecule has 0 atom stereocenters. The summed E-state index contributed by atoms with van der Waals surface area (Å²) in [5, 5.41) is 0. The predicted molar refractivity (Wildman–Crippen MR) is 24.9 cm³/mol. The number of H-pyrrole nitrogens is 1. The molecule has 0 aliphatic carbocycles. The number of hydrogen-bond acceptors (Lipinski definition) is 2. The summed E-state index contributed by atoms with van der Waals surface area (Å²) in [5.74, 6) is 0. The van der Waals surface area contributed by atoms with Crippen molar-refractivity contribution in [1.82, 2.24) is 9.96 Å². The zero-order valence-corrected chi connectivity index (χ0v) is 3.53. The molecule has 7 heavy (non-hydrogen) atoms. The molecule has 0 bridgehead atoms. The van der Waals surface area contributed by atoms with E-state index in [0.29, 0.717) is 4.98 Å². The van der Waals surface area contributed by atoms with Crippen LogP contribution in [0.3, 0.4) is 0 Å². The fourth-order valence-corrected chi connectivity index (χ4v) is 0.285. The molecule has 1 aromatic rings. The van der Waals surface area contributed by atoms with Gasteiger partial charge in [-0.2, -0.15) is 0 Å². The minimum atomic E-state index is -0.549. The van der Waals surface area contributed by atoms with E-state index in [1.807, 2.05) is 0 Å². The van der Waals surface area contributed by atoms with E-state index in [1.165, 1.54) is 18.5 Å². The van der Waals surface area contributed by atoms with Gasteiger partial charge in [0, 0.05) is 12.4 Å². The van der Waals surface area contributed by atoms with E-state index < -0.39 is 5.69 Å². The minimum absolute atomic E-state index is 0.549. The van der Waals surface area contributed by atoms with E-state index in [4.69, 9.17) is 1.41 Å². The summed E-state index contributed by atoms with van der Waals surface area (Å²) in [7, 11) is 0. The number of aromatic amines is 1. The van der Waals surface area contributed by atoms with Gasteiger partial charge in [-0.05, 0) is 6.07 Å². The third-order valence-electron chi connectivity index (χ3n) is 0.542. The van der Waals surface area contributed by atoms with Crippen molar-refractivity contribution in [3.63, 3.8) is 0 Å². The number of nitrogens with one attached hydrogen (secondary N) is 1. The molecule has 0 aliphatic rings. The van der Waals surface area contributed by atoms with Gasteiger partial charge in [0.1, 0.15) is 0 Å². The summed E-state index contributed by atoms with van der Waals surface area (Å²) >= 11 is 0. The Morgan fingerprint density at radius 1 is 2.00 bits per heavy atom. The summed E-state index contributed by atoms with van der Waals surface area (Å²) in [4.78, 5) is 14.2. The Morgan fingerprint density at radius 3 is 3.29 bits per heavy atom. The average Bonchev–Trinajstić information content (AvgIpc) is 1.77. The average molecular weight is 97.1 g/mol. The Bertz CT molecular complexity index is 231. The van der Waals surface area contributed by atoms with E-state index >= 15 is 0 Å². The molecule has 1 N–H and O–H groups in total. The zero-order valence-electron chi connectivity index (χ0n) is 4.53. The van der Waals surface area contributed by atoms with Crippen LogP contribution in [0.5, 0.6) is 0 Å². The first kappa shape index (κ1) is 2.96. The zero-order chi connectivity index (χ0) is 5.98. The number of aromatic nitrogens is 2. The minimum Gasteiger partial charge on any atom is -0.313 e. The van der Waals surface area contributed by atoms with Crippen molar-refractivity contribution < 1.29 is 1.41 Å². The van der Waals surface area contributed by atoms with Crippen molar-refractivity contribution in [2.75, 3.05) is 0 Å². The van der Waals surface area contributed by atoms with Crippen LogP contribution in [-0.2, 0) is 0 Å². The highest BCUT2D eigenvalue weighted by Crippen LogP contribution is 1.60. The standard InChI is InChI=1S/C4H4N2O/c7-4-5-2-1-3-6-4/h1-3H,(H,5,6,7)/i/hD. The van der Waals surface area contributed by atoms with Gasteiger partial charge in [0.2, 0.25) is 0 Å². The van der Waals surface area contributed by atoms with Crippen molar-refractivity contribution in [3.05, 3.63) is 28.9 Å². The SMILES string of the molecule is [2H]n1cccnc1=O. The van der Waals surface area contributed by atoms with Gasteiger partial charge < -0.3 is 4.98 Å². The lowest BCUT2D eigenvalue weighted by atomic mass is 10.7. The molecule has 0 unspecified atom stereocenters. The lowest BCUT2D eigenvalue weighted by Gasteiger charge is -1.72. The molecular weight excluding hydrogens is 92.1 g/mol. The Kier molecular flexibility index (Phi) is 0.656. The molecule has 1 rings (SSSR count). The van der Waals surface area contributed by atoms with Crippen LogP contribution in [0.15, 0.2) is 23.3 Å². The first-order valence-electron chi connectivity index (χ1n) is 2.28. The third kappa shape index (κ3) is 0.855. The second-order valence-corrected chi connectivity index (χ2v) is 1.03. The van der Waals surface area contributed by atoms with Crippen LogP contribution >= 0.6 is 0 Å². The van der Waals surface area contributed by atoms with Crippen molar-refractivity contribution in [3.8, 4) is 0 Å².